The lowest BCUT2D eigenvalue weighted by molar-refractivity contribution is 0.156. The van der Waals surface area contributed by atoms with Gasteiger partial charge in [0.1, 0.15) is 0 Å². The molecule has 0 atom stereocenters. The second-order valence-electron chi connectivity index (χ2n) is 5.41. The Morgan fingerprint density at radius 3 is 2.45 bits per heavy atom. The van der Waals surface area contributed by atoms with E-state index in [9.17, 15) is 0 Å². The van der Waals surface area contributed by atoms with Crippen LogP contribution in [-0.4, -0.2) is 13.2 Å². The molecule has 0 radical (unpaired) electrons. The molecule has 0 aromatic heterocycles. The molecule has 0 fully saturated rings. The molecule has 0 aliphatic rings. The summed E-state index contributed by atoms with van der Waals surface area (Å²) >= 11 is 0. The number of nitrogens with two attached hydrogens (primary N) is 2. The quantitative estimate of drug-likeness (QED) is 0.343. The minimum Gasteiger partial charge on any atom is -0.330 e. The lowest BCUT2D eigenvalue weighted by Crippen LogP contribution is -2.07. The highest BCUT2D eigenvalue weighted by Crippen LogP contribution is 2.15. The fourth-order valence-electron chi connectivity index (χ4n) is 1.89. The van der Waals surface area contributed by atoms with Crippen LogP contribution in [0.1, 0.15) is 59.3 Å². The summed E-state index contributed by atoms with van der Waals surface area (Å²) in [6.07, 6.45) is 11.0. The van der Waals surface area contributed by atoms with Gasteiger partial charge in [0.15, 0.2) is 0 Å². The molecule has 0 aromatic rings. The summed E-state index contributed by atoms with van der Waals surface area (Å²) in [4.78, 5) is 4.78. The topological polar surface area (TPSA) is 61.3 Å². The van der Waals surface area contributed by atoms with Gasteiger partial charge in [-0.1, -0.05) is 39.3 Å². The van der Waals surface area contributed by atoms with Crippen molar-refractivity contribution in [2.45, 2.75) is 59.3 Å². The molecule has 3 nitrogen and oxygen atoms in total. The van der Waals surface area contributed by atoms with Gasteiger partial charge >= 0.3 is 0 Å². The van der Waals surface area contributed by atoms with Gasteiger partial charge in [-0.05, 0) is 50.1 Å². The van der Waals surface area contributed by atoms with Crippen LogP contribution in [0.15, 0.2) is 29.0 Å². The molecule has 0 rings (SSSR count). The van der Waals surface area contributed by atoms with Gasteiger partial charge in [0.2, 0.25) is 0 Å². The van der Waals surface area contributed by atoms with E-state index in [-0.39, 0.29) is 0 Å². The second kappa shape index (κ2) is 13.1. The van der Waals surface area contributed by atoms with E-state index in [4.69, 9.17) is 16.5 Å². The Labute approximate surface area is 124 Å². The standard InChI is InChI=1S/C17H32N2O/c1-4-5-6-7-8-10-16(11-9-12-18)13-17(14-20-19)15(2)3/h6-7,15H,4-5,8-12,14,18-19H2,1-3H3. The van der Waals surface area contributed by atoms with Gasteiger partial charge in [0, 0.05) is 5.57 Å². The molecule has 0 aromatic carbocycles. The molecule has 0 heterocycles. The number of allylic oxidation sites excluding steroid dienone is 2. The van der Waals surface area contributed by atoms with Crippen molar-refractivity contribution >= 4 is 0 Å². The first-order valence-electron chi connectivity index (χ1n) is 7.79. The summed E-state index contributed by atoms with van der Waals surface area (Å²) in [5.74, 6) is 5.60. The normalized spacial score (nSPS) is 11.1. The molecule has 0 bridgehead atoms. The molecule has 20 heavy (non-hydrogen) atoms. The molecule has 0 aliphatic heterocycles. The van der Waals surface area contributed by atoms with Gasteiger partial charge in [-0.15, -0.1) is 5.73 Å². The Kier molecular flexibility index (Phi) is 12.6. The SMILES string of the molecule is CCCC=CCCC(=C=C(CON)C(C)C)CCCN. The molecule has 4 N–H and O–H groups in total. The fourth-order valence-corrected chi connectivity index (χ4v) is 1.89. The third-order valence-electron chi connectivity index (χ3n) is 3.19. The van der Waals surface area contributed by atoms with Crippen LogP contribution in [0.4, 0.5) is 0 Å². The maximum atomic E-state index is 5.61. The highest BCUT2D eigenvalue weighted by Gasteiger charge is 2.04. The average molecular weight is 280 g/mol. The highest BCUT2D eigenvalue weighted by molar-refractivity contribution is 5.12. The Morgan fingerprint density at radius 2 is 1.90 bits per heavy atom. The van der Waals surface area contributed by atoms with Crippen LogP contribution < -0.4 is 11.6 Å². The number of rotatable bonds is 11. The van der Waals surface area contributed by atoms with Gasteiger partial charge in [0.05, 0.1) is 6.61 Å². The molecule has 0 unspecified atom stereocenters. The van der Waals surface area contributed by atoms with Crippen molar-refractivity contribution < 1.29 is 4.84 Å². The van der Waals surface area contributed by atoms with E-state index in [1.807, 2.05) is 0 Å². The van der Waals surface area contributed by atoms with Crippen LogP contribution >= 0.6 is 0 Å². The number of unbranched alkanes of at least 4 members (excludes halogenated alkanes) is 1. The van der Waals surface area contributed by atoms with E-state index in [0.717, 1.165) is 44.2 Å². The summed E-state index contributed by atoms with van der Waals surface area (Å²) < 4.78 is 0. The Bertz CT molecular complexity index is 326. The second-order valence-corrected chi connectivity index (χ2v) is 5.41. The zero-order valence-corrected chi connectivity index (χ0v) is 13.5. The molecular formula is C17H32N2O. The first-order chi connectivity index (χ1) is 9.65. The third kappa shape index (κ3) is 9.99. The van der Waals surface area contributed by atoms with Gasteiger partial charge in [0.25, 0.3) is 0 Å². The maximum Gasteiger partial charge on any atom is 0.0966 e. The van der Waals surface area contributed by atoms with Crippen molar-refractivity contribution in [1.29, 1.82) is 0 Å². The Morgan fingerprint density at radius 1 is 1.20 bits per heavy atom. The van der Waals surface area contributed by atoms with Gasteiger partial charge in [-0.2, -0.15) is 0 Å². The average Bonchev–Trinajstić information content (AvgIpc) is 2.43. The number of hydrogen-bond acceptors (Lipinski definition) is 3. The van der Waals surface area contributed by atoms with Crippen LogP contribution in [0.2, 0.25) is 0 Å². The Balaban J connectivity index is 4.77. The van der Waals surface area contributed by atoms with E-state index in [1.165, 1.54) is 12.0 Å². The van der Waals surface area contributed by atoms with E-state index < -0.39 is 0 Å². The van der Waals surface area contributed by atoms with Gasteiger partial charge in [-0.3, -0.25) is 4.84 Å². The van der Waals surface area contributed by atoms with Crippen molar-refractivity contribution in [3.63, 3.8) is 0 Å². The molecule has 0 amide bonds. The fraction of sp³-hybridized carbons (Fsp3) is 0.706. The van der Waals surface area contributed by atoms with Crippen molar-refractivity contribution in [2.24, 2.45) is 17.5 Å². The van der Waals surface area contributed by atoms with Crippen LogP contribution in [0.5, 0.6) is 0 Å². The zero-order chi connectivity index (χ0) is 15.2. The smallest absolute Gasteiger partial charge is 0.0966 e. The van der Waals surface area contributed by atoms with E-state index in [0.29, 0.717) is 12.5 Å². The first-order valence-corrected chi connectivity index (χ1v) is 7.79. The predicted octanol–water partition coefficient (Wildman–Crippen LogP) is 3.86. The summed E-state index contributed by atoms with van der Waals surface area (Å²) in [6, 6.07) is 0. The van der Waals surface area contributed by atoms with Crippen molar-refractivity contribution in [2.75, 3.05) is 13.2 Å². The Hall–Kier alpha value is -0.860. The largest absolute Gasteiger partial charge is 0.330 e. The lowest BCUT2D eigenvalue weighted by atomic mass is 10.00. The number of hydrogen-bond donors (Lipinski definition) is 2. The third-order valence-corrected chi connectivity index (χ3v) is 3.19. The molecular weight excluding hydrogens is 248 g/mol. The minimum absolute atomic E-state index is 0.405. The molecule has 0 aliphatic carbocycles. The van der Waals surface area contributed by atoms with Crippen molar-refractivity contribution in [1.82, 2.24) is 0 Å². The van der Waals surface area contributed by atoms with Crippen LogP contribution in [0.3, 0.4) is 0 Å². The van der Waals surface area contributed by atoms with Crippen LogP contribution in [0, 0.1) is 5.92 Å². The van der Waals surface area contributed by atoms with Crippen LogP contribution in [0.25, 0.3) is 0 Å². The van der Waals surface area contributed by atoms with Crippen molar-refractivity contribution in [3.8, 4) is 0 Å². The van der Waals surface area contributed by atoms with Crippen LogP contribution in [-0.2, 0) is 4.84 Å². The highest BCUT2D eigenvalue weighted by atomic mass is 16.6. The van der Waals surface area contributed by atoms with E-state index in [2.05, 4.69) is 38.7 Å². The lowest BCUT2D eigenvalue weighted by Gasteiger charge is -2.09. The van der Waals surface area contributed by atoms with Crippen molar-refractivity contribution in [3.05, 3.63) is 29.0 Å². The van der Waals surface area contributed by atoms with Gasteiger partial charge < -0.3 is 5.73 Å². The minimum atomic E-state index is 0.405. The first kappa shape index (κ1) is 19.1. The van der Waals surface area contributed by atoms with E-state index >= 15 is 0 Å². The molecule has 3 heteroatoms. The summed E-state index contributed by atoms with van der Waals surface area (Å²) in [5, 5.41) is 0. The summed E-state index contributed by atoms with van der Waals surface area (Å²) in [6.45, 7) is 7.66. The summed E-state index contributed by atoms with van der Waals surface area (Å²) in [5.41, 5.74) is 11.6. The molecule has 0 spiro atoms. The van der Waals surface area contributed by atoms with E-state index in [1.54, 1.807) is 0 Å². The predicted molar refractivity (Wildman–Crippen MR) is 87.1 cm³/mol. The molecule has 0 saturated heterocycles. The maximum absolute atomic E-state index is 5.61. The molecule has 0 saturated carbocycles. The zero-order valence-electron chi connectivity index (χ0n) is 13.5. The monoisotopic (exact) mass is 280 g/mol. The molecule has 116 valence electrons. The van der Waals surface area contributed by atoms with Gasteiger partial charge in [-0.25, -0.2) is 5.90 Å². The summed E-state index contributed by atoms with van der Waals surface area (Å²) in [7, 11) is 0.